The van der Waals surface area contributed by atoms with Crippen molar-refractivity contribution >= 4 is 25.0 Å². The van der Waals surface area contributed by atoms with Crippen molar-refractivity contribution in [1.82, 2.24) is 10.2 Å². The zero-order chi connectivity index (χ0) is 26.1. The van der Waals surface area contributed by atoms with Gasteiger partial charge in [-0.25, -0.2) is 9.59 Å². The molecule has 0 aromatic rings. The number of amides is 2. The second-order valence-corrected chi connectivity index (χ2v) is 12.0. The summed E-state index contributed by atoms with van der Waals surface area (Å²) in [5, 5.41) is 11.6. The highest BCUT2D eigenvalue weighted by Gasteiger charge is 2.53. The van der Waals surface area contributed by atoms with E-state index in [1.54, 1.807) is 25.7 Å². The van der Waals surface area contributed by atoms with Crippen LogP contribution in [0.2, 0.25) is 0 Å². The summed E-state index contributed by atoms with van der Waals surface area (Å²) in [5.41, 5.74) is -1.63. The third-order valence-electron chi connectivity index (χ3n) is 6.12. The van der Waals surface area contributed by atoms with Gasteiger partial charge in [0.1, 0.15) is 11.2 Å². The van der Waals surface area contributed by atoms with Crippen molar-refractivity contribution < 1.29 is 28.4 Å². The van der Waals surface area contributed by atoms with E-state index in [9.17, 15) is 9.59 Å². The molecule has 192 valence electrons. The molecule has 2 amide bonds. The molecule has 34 heavy (non-hydrogen) atoms. The van der Waals surface area contributed by atoms with Crippen molar-refractivity contribution in [2.45, 2.75) is 104 Å². The molecule has 0 saturated carbocycles. The molecule has 0 aliphatic carbocycles. The average molecular weight is 479 g/mol. The summed E-state index contributed by atoms with van der Waals surface area (Å²) in [4.78, 5) is 26.4. The average Bonchev–Trinajstić information content (AvgIpc) is 2.86. The Morgan fingerprint density at radius 1 is 0.971 bits per heavy atom. The van der Waals surface area contributed by atoms with Crippen molar-refractivity contribution in [2.75, 3.05) is 13.1 Å². The van der Waals surface area contributed by atoms with E-state index < -0.39 is 35.6 Å². The molecule has 0 radical (unpaired) electrons. The van der Waals surface area contributed by atoms with Crippen LogP contribution in [-0.4, -0.2) is 65.4 Å². The Morgan fingerprint density at radius 3 is 1.88 bits per heavy atom. The zero-order valence-corrected chi connectivity index (χ0v) is 22.5. The van der Waals surface area contributed by atoms with E-state index in [1.807, 2.05) is 48.5 Å². The Bertz CT molecular complexity index is 802. The summed E-state index contributed by atoms with van der Waals surface area (Å²) >= 11 is 0. The molecule has 0 bridgehead atoms. The number of hydrogen-bond donors (Lipinski definition) is 2. The van der Waals surface area contributed by atoms with Gasteiger partial charge in [0.25, 0.3) is 0 Å². The van der Waals surface area contributed by atoms with Gasteiger partial charge in [0.05, 0.1) is 11.2 Å². The molecular weight excluding hydrogens is 437 g/mol. The predicted octanol–water partition coefficient (Wildman–Crippen LogP) is 4.69. The fraction of sp³-hybridized carbons (Fsp3) is 0.792. The molecule has 2 rings (SSSR count). The molecule has 9 nitrogen and oxygen atoms in total. The highest BCUT2D eigenvalue weighted by atomic mass is 16.7. The van der Waals surface area contributed by atoms with Gasteiger partial charge >= 0.3 is 19.3 Å². The summed E-state index contributed by atoms with van der Waals surface area (Å²) in [7, 11) is -0.809. The van der Waals surface area contributed by atoms with Crippen LogP contribution in [0.1, 0.15) is 82.1 Å². The number of rotatable bonds is 4. The van der Waals surface area contributed by atoms with Crippen molar-refractivity contribution in [3.63, 3.8) is 0 Å². The van der Waals surface area contributed by atoms with Crippen LogP contribution in [-0.2, 0) is 18.8 Å². The highest BCUT2D eigenvalue weighted by molar-refractivity contribution is 6.62. The monoisotopic (exact) mass is 479 g/mol. The van der Waals surface area contributed by atoms with E-state index in [0.29, 0.717) is 37.1 Å². The fourth-order valence-corrected chi connectivity index (χ4v) is 3.60. The molecule has 0 aromatic carbocycles. The van der Waals surface area contributed by atoms with Crippen molar-refractivity contribution in [3.05, 3.63) is 11.7 Å². The molecule has 2 N–H and O–H groups in total. The van der Waals surface area contributed by atoms with Crippen LogP contribution in [0.25, 0.3) is 0 Å². The Kier molecular flexibility index (Phi) is 8.20. The number of piperidine rings is 1. The molecular formula is C24H42BN3O6. The lowest BCUT2D eigenvalue weighted by molar-refractivity contribution is 0.00578. The maximum atomic E-state index is 12.4. The van der Waals surface area contributed by atoms with Gasteiger partial charge in [-0.05, 0) is 82.1 Å². The lowest BCUT2D eigenvalue weighted by Crippen LogP contribution is -2.44. The van der Waals surface area contributed by atoms with Crippen LogP contribution in [0, 0.1) is 11.3 Å². The first-order chi connectivity index (χ1) is 15.3. The first-order valence-electron chi connectivity index (χ1n) is 11.9. The van der Waals surface area contributed by atoms with Gasteiger partial charge in [0.2, 0.25) is 0 Å². The second kappa shape index (κ2) is 9.89. The minimum Gasteiger partial charge on any atom is -0.444 e. The van der Waals surface area contributed by atoms with E-state index in [2.05, 4.69) is 5.32 Å². The molecule has 10 heteroatoms. The molecule has 0 aromatic heterocycles. The van der Waals surface area contributed by atoms with Gasteiger partial charge in [-0.1, -0.05) is 0 Å². The van der Waals surface area contributed by atoms with E-state index >= 15 is 0 Å². The third-order valence-corrected chi connectivity index (χ3v) is 6.12. The zero-order valence-electron chi connectivity index (χ0n) is 22.5. The second-order valence-electron chi connectivity index (χ2n) is 12.0. The quantitative estimate of drug-likeness (QED) is 0.447. The van der Waals surface area contributed by atoms with Crippen LogP contribution in [0.5, 0.6) is 0 Å². The van der Waals surface area contributed by atoms with Crippen molar-refractivity contribution in [1.29, 1.82) is 5.41 Å². The first kappa shape index (κ1) is 28.2. The van der Waals surface area contributed by atoms with E-state index in [4.69, 9.17) is 24.2 Å². The molecule has 2 aliphatic rings. The number of alkyl carbamates (subject to hydrolysis) is 1. The van der Waals surface area contributed by atoms with E-state index in [0.717, 1.165) is 0 Å². The van der Waals surface area contributed by atoms with Gasteiger partial charge in [-0.2, -0.15) is 0 Å². The number of hydrogen-bond acceptors (Lipinski definition) is 7. The molecule has 2 fully saturated rings. The standard InChI is InChI=1S/C24H42BN3O6/c1-21(2,3)31-19(29)27-15-17(25-33-23(7,8)24(9,10)34-25)18(26)16-11-13-28(14-12-16)20(30)32-22(4,5)6/h15-16,26H,11-14H2,1-10H3,(H,27,29)/b17-15+,26-18?. The molecule has 0 atom stereocenters. The number of carbonyl (C=O) groups is 2. The molecule has 0 unspecified atom stereocenters. The minimum absolute atomic E-state index is 0.121. The van der Waals surface area contributed by atoms with Crippen molar-refractivity contribution in [2.24, 2.45) is 5.92 Å². The Balaban J connectivity index is 2.16. The maximum absolute atomic E-state index is 12.4. The van der Waals surface area contributed by atoms with Gasteiger partial charge in [0.15, 0.2) is 0 Å². The molecule has 0 spiro atoms. The number of allylic oxidation sites excluding steroid dienone is 1. The molecule has 2 saturated heterocycles. The Hall–Kier alpha value is -2.07. The van der Waals surface area contributed by atoms with Gasteiger partial charge in [0, 0.05) is 36.4 Å². The number of likely N-dealkylation sites (tertiary alicyclic amines) is 1. The van der Waals surface area contributed by atoms with E-state index in [1.165, 1.54) is 6.20 Å². The normalized spacial score (nSPS) is 21.3. The first-order valence-corrected chi connectivity index (χ1v) is 11.9. The van der Waals surface area contributed by atoms with E-state index in [-0.39, 0.29) is 12.0 Å². The summed E-state index contributed by atoms with van der Waals surface area (Å²) in [5.74, 6) is -0.121. The highest BCUT2D eigenvalue weighted by Crippen LogP contribution is 2.39. The SMILES string of the molecule is CC(C)(C)OC(=O)N/C=C(/B1OC(C)(C)C(C)(C)O1)C(=N)C1CCN(C(=O)OC(C)(C)C)CC1. The summed E-state index contributed by atoms with van der Waals surface area (Å²) < 4.78 is 23.2. The topological polar surface area (TPSA) is 110 Å². The van der Waals surface area contributed by atoms with Gasteiger partial charge < -0.3 is 29.1 Å². The van der Waals surface area contributed by atoms with Crippen LogP contribution < -0.4 is 5.32 Å². The molecule has 2 aliphatic heterocycles. The van der Waals surface area contributed by atoms with Crippen LogP contribution in [0.3, 0.4) is 0 Å². The summed E-state index contributed by atoms with van der Waals surface area (Å²) in [6, 6.07) is 0. The number of carbonyl (C=O) groups excluding carboxylic acids is 2. The fourth-order valence-electron chi connectivity index (χ4n) is 3.60. The summed E-state index contributed by atoms with van der Waals surface area (Å²) in [6.45, 7) is 19.6. The lowest BCUT2D eigenvalue weighted by atomic mass is 9.71. The predicted molar refractivity (Wildman–Crippen MR) is 132 cm³/mol. The van der Waals surface area contributed by atoms with Crippen LogP contribution in [0.4, 0.5) is 9.59 Å². The smallest absolute Gasteiger partial charge is 0.444 e. The van der Waals surface area contributed by atoms with Crippen molar-refractivity contribution in [3.8, 4) is 0 Å². The largest absolute Gasteiger partial charge is 0.498 e. The number of ether oxygens (including phenoxy) is 2. The van der Waals surface area contributed by atoms with Crippen LogP contribution in [0.15, 0.2) is 11.7 Å². The van der Waals surface area contributed by atoms with Gasteiger partial charge in [-0.15, -0.1) is 0 Å². The number of nitrogens with one attached hydrogen (secondary N) is 2. The lowest BCUT2D eigenvalue weighted by Gasteiger charge is -2.34. The third kappa shape index (κ3) is 7.47. The summed E-state index contributed by atoms with van der Waals surface area (Å²) in [6.07, 6.45) is 1.70. The Labute approximate surface area is 204 Å². The Morgan fingerprint density at radius 2 is 1.44 bits per heavy atom. The molecule has 2 heterocycles. The maximum Gasteiger partial charge on any atom is 0.498 e. The number of nitrogens with zero attached hydrogens (tertiary/aromatic N) is 1. The minimum atomic E-state index is -0.809. The van der Waals surface area contributed by atoms with Crippen LogP contribution >= 0.6 is 0 Å². The van der Waals surface area contributed by atoms with Gasteiger partial charge in [-0.3, -0.25) is 5.32 Å².